The Balaban J connectivity index is 1.55. The second kappa shape index (κ2) is 6.58. The molecular weight excluding hydrogens is 300 g/mol. The van der Waals surface area contributed by atoms with Gasteiger partial charge in [0.2, 0.25) is 17.6 Å². The number of nitrogens with zero attached hydrogens (tertiary/aromatic N) is 4. The van der Waals surface area contributed by atoms with Crippen LogP contribution in [0.15, 0.2) is 22.0 Å². The van der Waals surface area contributed by atoms with Gasteiger partial charge in [-0.2, -0.15) is 4.98 Å². The molecule has 0 aromatic carbocycles. The number of likely N-dealkylation sites (N-methyl/N-ethyl adjacent to an activating group) is 1. The lowest BCUT2D eigenvalue weighted by Crippen LogP contribution is -2.52. The molecule has 0 aliphatic carbocycles. The molecule has 2 aromatic rings. The van der Waals surface area contributed by atoms with E-state index in [-0.39, 0.29) is 11.9 Å². The predicted octanol–water partition coefficient (Wildman–Crippen LogP) is 1.89. The number of aryl methyl sites for hydroxylation is 1. The van der Waals surface area contributed by atoms with Crippen molar-refractivity contribution in [3.05, 3.63) is 23.4 Å². The van der Waals surface area contributed by atoms with Gasteiger partial charge in [0.05, 0.1) is 4.88 Å². The van der Waals surface area contributed by atoms with Gasteiger partial charge >= 0.3 is 0 Å². The molecule has 0 bridgehead atoms. The van der Waals surface area contributed by atoms with Crippen molar-refractivity contribution in [2.75, 3.05) is 26.7 Å². The molecule has 1 atom stereocenters. The van der Waals surface area contributed by atoms with Crippen molar-refractivity contribution in [1.82, 2.24) is 19.9 Å². The maximum Gasteiger partial charge on any atom is 0.227 e. The maximum absolute atomic E-state index is 12.3. The fourth-order valence-electron chi connectivity index (χ4n) is 2.73. The van der Waals surface area contributed by atoms with Crippen molar-refractivity contribution in [2.24, 2.45) is 0 Å². The SMILES string of the molecule is C[C@H]1CN(C)CCN1C(=O)CCc1nc(-c2cccs2)no1. The number of carbonyl (C=O) groups excluding carboxylic acids is 1. The Morgan fingerprint density at radius 2 is 2.36 bits per heavy atom. The summed E-state index contributed by atoms with van der Waals surface area (Å²) < 4.78 is 5.24. The van der Waals surface area contributed by atoms with E-state index in [2.05, 4.69) is 29.0 Å². The molecule has 0 unspecified atom stereocenters. The molecule has 0 N–H and O–H groups in total. The third-order valence-electron chi connectivity index (χ3n) is 3.91. The minimum absolute atomic E-state index is 0.163. The van der Waals surface area contributed by atoms with Crippen LogP contribution in [-0.2, 0) is 11.2 Å². The van der Waals surface area contributed by atoms with E-state index in [9.17, 15) is 4.79 Å². The van der Waals surface area contributed by atoms with Crippen LogP contribution < -0.4 is 0 Å². The summed E-state index contributed by atoms with van der Waals surface area (Å²) in [5, 5.41) is 5.94. The molecule has 2 aromatic heterocycles. The number of rotatable bonds is 4. The summed E-state index contributed by atoms with van der Waals surface area (Å²) in [7, 11) is 2.09. The smallest absolute Gasteiger partial charge is 0.227 e. The first-order valence-corrected chi connectivity index (χ1v) is 8.36. The molecule has 3 heterocycles. The van der Waals surface area contributed by atoms with Crippen molar-refractivity contribution >= 4 is 17.2 Å². The number of hydrogen-bond acceptors (Lipinski definition) is 6. The van der Waals surface area contributed by atoms with Crippen LogP contribution in [0.4, 0.5) is 0 Å². The summed E-state index contributed by atoms with van der Waals surface area (Å²) >= 11 is 1.57. The van der Waals surface area contributed by atoms with E-state index in [1.165, 1.54) is 0 Å². The topological polar surface area (TPSA) is 62.5 Å². The van der Waals surface area contributed by atoms with Crippen molar-refractivity contribution in [1.29, 1.82) is 0 Å². The lowest BCUT2D eigenvalue weighted by molar-refractivity contribution is -0.135. The molecule has 3 rings (SSSR count). The van der Waals surface area contributed by atoms with E-state index >= 15 is 0 Å². The summed E-state index contributed by atoms with van der Waals surface area (Å²) in [4.78, 5) is 21.9. The van der Waals surface area contributed by atoms with E-state index in [0.717, 1.165) is 24.5 Å². The van der Waals surface area contributed by atoms with E-state index in [4.69, 9.17) is 4.52 Å². The van der Waals surface area contributed by atoms with Gasteiger partial charge in [-0.3, -0.25) is 4.79 Å². The first-order valence-electron chi connectivity index (χ1n) is 7.48. The summed E-state index contributed by atoms with van der Waals surface area (Å²) in [6.45, 7) is 4.74. The molecule has 7 heteroatoms. The normalized spacial score (nSPS) is 19.5. The lowest BCUT2D eigenvalue weighted by Gasteiger charge is -2.38. The van der Waals surface area contributed by atoms with Crippen LogP contribution in [-0.4, -0.2) is 58.6 Å². The van der Waals surface area contributed by atoms with Crippen LogP contribution in [0.3, 0.4) is 0 Å². The Labute approximate surface area is 133 Å². The number of hydrogen-bond donors (Lipinski definition) is 0. The average Bonchev–Trinajstić information content (AvgIpc) is 3.16. The molecule has 6 nitrogen and oxygen atoms in total. The van der Waals surface area contributed by atoms with Gasteiger partial charge in [0, 0.05) is 38.5 Å². The second-order valence-corrected chi connectivity index (χ2v) is 6.64. The standard InChI is InChI=1S/C15H20N4O2S/c1-11-10-18(2)7-8-19(11)14(20)6-5-13-16-15(17-21-13)12-4-3-9-22-12/h3-4,9,11H,5-8,10H2,1-2H3/t11-/m0/s1. The fourth-order valence-corrected chi connectivity index (χ4v) is 3.38. The Morgan fingerprint density at radius 1 is 1.50 bits per heavy atom. The van der Waals surface area contributed by atoms with E-state index in [1.54, 1.807) is 11.3 Å². The van der Waals surface area contributed by atoms with Crippen molar-refractivity contribution in [3.8, 4) is 10.7 Å². The van der Waals surface area contributed by atoms with Crippen molar-refractivity contribution in [2.45, 2.75) is 25.8 Å². The Kier molecular flexibility index (Phi) is 4.54. The first-order chi connectivity index (χ1) is 10.6. The highest BCUT2D eigenvalue weighted by Crippen LogP contribution is 2.21. The van der Waals surface area contributed by atoms with Crippen LogP contribution in [0, 0.1) is 0 Å². The number of thiophene rings is 1. The van der Waals surface area contributed by atoms with Gasteiger partial charge in [-0.25, -0.2) is 0 Å². The van der Waals surface area contributed by atoms with Gasteiger partial charge in [-0.05, 0) is 25.4 Å². The zero-order valence-corrected chi connectivity index (χ0v) is 13.7. The zero-order valence-electron chi connectivity index (χ0n) is 12.9. The third kappa shape index (κ3) is 3.36. The van der Waals surface area contributed by atoms with Crippen LogP contribution in [0.1, 0.15) is 19.2 Å². The Morgan fingerprint density at radius 3 is 3.09 bits per heavy atom. The molecule has 1 aliphatic heterocycles. The third-order valence-corrected chi connectivity index (χ3v) is 4.78. The summed E-state index contributed by atoms with van der Waals surface area (Å²) in [6.07, 6.45) is 0.913. The van der Waals surface area contributed by atoms with Gasteiger partial charge in [0.15, 0.2) is 0 Å². The minimum Gasteiger partial charge on any atom is -0.339 e. The monoisotopic (exact) mass is 320 g/mol. The molecular formula is C15H20N4O2S. The fraction of sp³-hybridized carbons (Fsp3) is 0.533. The summed E-state index contributed by atoms with van der Waals surface area (Å²) in [5.74, 6) is 1.29. The number of aromatic nitrogens is 2. The van der Waals surface area contributed by atoms with Gasteiger partial charge in [0.25, 0.3) is 0 Å². The number of carbonyl (C=O) groups is 1. The van der Waals surface area contributed by atoms with E-state index in [1.807, 2.05) is 22.4 Å². The highest BCUT2D eigenvalue weighted by molar-refractivity contribution is 7.13. The Hall–Kier alpha value is -1.73. The van der Waals surface area contributed by atoms with Crippen LogP contribution in [0.25, 0.3) is 10.7 Å². The molecule has 0 spiro atoms. The Bertz CT molecular complexity index is 625. The molecule has 118 valence electrons. The van der Waals surface area contributed by atoms with Gasteiger partial charge in [-0.1, -0.05) is 11.2 Å². The van der Waals surface area contributed by atoms with Gasteiger partial charge in [0.1, 0.15) is 0 Å². The zero-order chi connectivity index (χ0) is 15.5. The predicted molar refractivity (Wildman–Crippen MR) is 84.6 cm³/mol. The molecule has 1 saturated heterocycles. The van der Waals surface area contributed by atoms with Crippen molar-refractivity contribution in [3.63, 3.8) is 0 Å². The first kappa shape index (κ1) is 15.2. The molecule has 0 saturated carbocycles. The second-order valence-electron chi connectivity index (χ2n) is 5.69. The van der Waals surface area contributed by atoms with E-state index < -0.39 is 0 Å². The summed E-state index contributed by atoms with van der Waals surface area (Å²) in [5.41, 5.74) is 0. The van der Waals surface area contributed by atoms with Gasteiger partial charge < -0.3 is 14.3 Å². The largest absolute Gasteiger partial charge is 0.339 e. The number of piperazine rings is 1. The molecule has 0 radical (unpaired) electrons. The highest BCUT2D eigenvalue weighted by Gasteiger charge is 2.25. The molecule has 1 fully saturated rings. The maximum atomic E-state index is 12.3. The quantitative estimate of drug-likeness (QED) is 0.861. The average molecular weight is 320 g/mol. The summed E-state index contributed by atoms with van der Waals surface area (Å²) in [6, 6.07) is 4.17. The van der Waals surface area contributed by atoms with Crippen LogP contribution in [0.5, 0.6) is 0 Å². The van der Waals surface area contributed by atoms with Crippen LogP contribution >= 0.6 is 11.3 Å². The molecule has 1 amide bonds. The lowest BCUT2D eigenvalue weighted by atomic mass is 10.1. The van der Waals surface area contributed by atoms with E-state index in [0.29, 0.717) is 24.6 Å². The number of amides is 1. The highest BCUT2D eigenvalue weighted by atomic mass is 32.1. The minimum atomic E-state index is 0.163. The van der Waals surface area contributed by atoms with Gasteiger partial charge in [-0.15, -0.1) is 11.3 Å². The molecule has 22 heavy (non-hydrogen) atoms. The molecule has 1 aliphatic rings. The van der Waals surface area contributed by atoms with Crippen molar-refractivity contribution < 1.29 is 9.32 Å². The van der Waals surface area contributed by atoms with Crippen LogP contribution in [0.2, 0.25) is 0 Å².